The SMILES string of the molecule is C/C(=C\C=C/N(C=O)C1CC1)CN. The Balaban J connectivity index is 2.40. The molecule has 0 saturated heterocycles. The van der Waals surface area contributed by atoms with Crippen molar-refractivity contribution in [2.45, 2.75) is 25.8 Å². The maximum Gasteiger partial charge on any atom is 0.213 e. The number of carbonyl (C=O) groups is 1. The number of hydrogen-bond donors (Lipinski definition) is 1. The van der Waals surface area contributed by atoms with Gasteiger partial charge in [0.1, 0.15) is 0 Å². The molecule has 0 aromatic rings. The van der Waals surface area contributed by atoms with Crippen molar-refractivity contribution >= 4 is 6.41 Å². The zero-order valence-corrected chi connectivity index (χ0v) is 7.94. The topological polar surface area (TPSA) is 46.3 Å². The first-order valence-electron chi connectivity index (χ1n) is 4.54. The molecule has 1 aliphatic carbocycles. The van der Waals surface area contributed by atoms with Gasteiger partial charge in [-0.05, 0) is 25.8 Å². The van der Waals surface area contributed by atoms with Crippen molar-refractivity contribution in [3.05, 3.63) is 23.9 Å². The number of carbonyl (C=O) groups excluding carboxylic acids is 1. The fourth-order valence-corrected chi connectivity index (χ4v) is 0.990. The number of amides is 1. The lowest BCUT2D eigenvalue weighted by atomic mass is 10.3. The molecule has 0 bridgehead atoms. The van der Waals surface area contributed by atoms with Crippen LogP contribution in [-0.2, 0) is 4.79 Å². The van der Waals surface area contributed by atoms with Gasteiger partial charge in [0.25, 0.3) is 0 Å². The van der Waals surface area contributed by atoms with Crippen molar-refractivity contribution in [3.8, 4) is 0 Å². The van der Waals surface area contributed by atoms with E-state index < -0.39 is 0 Å². The van der Waals surface area contributed by atoms with Crippen LogP contribution in [0.4, 0.5) is 0 Å². The van der Waals surface area contributed by atoms with Gasteiger partial charge in [-0.3, -0.25) is 4.79 Å². The second-order valence-electron chi connectivity index (χ2n) is 3.34. The van der Waals surface area contributed by atoms with Crippen molar-refractivity contribution in [1.82, 2.24) is 4.90 Å². The van der Waals surface area contributed by atoms with Crippen LogP contribution in [0.2, 0.25) is 0 Å². The minimum atomic E-state index is 0.445. The molecule has 1 aliphatic rings. The lowest BCUT2D eigenvalue weighted by Crippen LogP contribution is -2.16. The van der Waals surface area contributed by atoms with Crippen molar-refractivity contribution in [3.63, 3.8) is 0 Å². The van der Waals surface area contributed by atoms with Gasteiger partial charge in [-0.1, -0.05) is 11.6 Å². The highest BCUT2D eigenvalue weighted by Gasteiger charge is 2.26. The standard InChI is InChI=1S/C10H16N2O/c1-9(7-11)3-2-6-12(8-13)10-4-5-10/h2-3,6,8,10H,4-5,7,11H2,1H3/b6-2-,9-3+. The highest BCUT2D eigenvalue weighted by atomic mass is 16.1. The zero-order chi connectivity index (χ0) is 9.68. The van der Waals surface area contributed by atoms with Crippen LogP contribution < -0.4 is 5.73 Å². The highest BCUT2D eigenvalue weighted by molar-refractivity contribution is 5.50. The summed E-state index contributed by atoms with van der Waals surface area (Å²) >= 11 is 0. The monoisotopic (exact) mass is 180 g/mol. The van der Waals surface area contributed by atoms with E-state index in [1.165, 1.54) is 0 Å². The minimum absolute atomic E-state index is 0.445. The predicted octanol–water partition coefficient (Wildman–Crippen LogP) is 1.03. The van der Waals surface area contributed by atoms with Crippen LogP contribution in [0.5, 0.6) is 0 Å². The lowest BCUT2D eigenvalue weighted by Gasteiger charge is -2.08. The fourth-order valence-electron chi connectivity index (χ4n) is 0.990. The van der Waals surface area contributed by atoms with Crippen molar-refractivity contribution in [1.29, 1.82) is 0 Å². The molecule has 72 valence electrons. The fraction of sp³-hybridized carbons (Fsp3) is 0.500. The zero-order valence-electron chi connectivity index (χ0n) is 7.94. The van der Waals surface area contributed by atoms with Gasteiger partial charge >= 0.3 is 0 Å². The summed E-state index contributed by atoms with van der Waals surface area (Å²) in [6.07, 6.45) is 8.74. The van der Waals surface area contributed by atoms with E-state index in [1.807, 2.05) is 25.3 Å². The molecule has 1 fully saturated rings. The van der Waals surface area contributed by atoms with Crippen molar-refractivity contribution in [2.75, 3.05) is 6.54 Å². The quantitative estimate of drug-likeness (QED) is 0.507. The molecule has 0 radical (unpaired) electrons. The molecule has 0 aromatic heterocycles. The lowest BCUT2D eigenvalue weighted by molar-refractivity contribution is -0.116. The molecule has 1 rings (SSSR count). The Hall–Kier alpha value is -1.09. The maximum atomic E-state index is 10.6. The molecular formula is C10H16N2O. The van der Waals surface area contributed by atoms with E-state index in [0.717, 1.165) is 24.8 Å². The minimum Gasteiger partial charge on any atom is -0.327 e. The molecule has 3 nitrogen and oxygen atoms in total. The first kappa shape index (κ1) is 9.99. The molecule has 13 heavy (non-hydrogen) atoms. The third-order valence-electron chi connectivity index (χ3n) is 2.05. The average molecular weight is 180 g/mol. The summed E-state index contributed by atoms with van der Waals surface area (Å²) in [4.78, 5) is 12.3. The van der Waals surface area contributed by atoms with Gasteiger partial charge in [-0.2, -0.15) is 0 Å². The summed E-state index contributed by atoms with van der Waals surface area (Å²) in [6.45, 7) is 2.53. The van der Waals surface area contributed by atoms with E-state index in [1.54, 1.807) is 4.90 Å². The van der Waals surface area contributed by atoms with Crippen LogP contribution in [0, 0.1) is 0 Å². The Morgan fingerprint density at radius 3 is 2.77 bits per heavy atom. The molecular weight excluding hydrogens is 164 g/mol. The van der Waals surface area contributed by atoms with E-state index in [4.69, 9.17) is 5.73 Å². The van der Waals surface area contributed by atoms with Gasteiger partial charge in [-0.25, -0.2) is 0 Å². The van der Waals surface area contributed by atoms with Crippen molar-refractivity contribution < 1.29 is 4.79 Å². The van der Waals surface area contributed by atoms with Gasteiger partial charge in [0.2, 0.25) is 6.41 Å². The molecule has 0 spiro atoms. The normalized spacial score (nSPS) is 17.8. The summed E-state index contributed by atoms with van der Waals surface area (Å²) in [5.74, 6) is 0. The maximum absolute atomic E-state index is 10.6. The Morgan fingerprint density at radius 2 is 2.31 bits per heavy atom. The molecule has 0 unspecified atom stereocenters. The Labute approximate surface area is 78.9 Å². The number of nitrogens with two attached hydrogens (primary N) is 1. The third kappa shape index (κ3) is 3.42. The van der Waals surface area contributed by atoms with Crippen LogP contribution in [0.1, 0.15) is 19.8 Å². The van der Waals surface area contributed by atoms with Crippen molar-refractivity contribution in [2.24, 2.45) is 5.73 Å². The summed E-state index contributed by atoms with van der Waals surface area (Å²) < 4.78 is 0. The van der Waals surface area contributed by atoms with Crippen LogP contribution in [0.15, 0.2) is 23.9 Å². The summed E-state index contributed by atoms with van der Waals surface area (Å²) in [5.41, 5.74) is 6.52. The smallest absolute Gasteiger partial charge is 0.213 e. The van der Waals surface area contributed by atoms with E-state index >= 15 is 0 Å². The summed E-state index contributed by atoms with van der Waals surface area (Å²) in [7, 11) is 0. The molecule has 0 aliphatic heterocycles. The second kappa shape index (κ2) is 4.82. The first-order chi connectivity index (χ1) is 6.27. The average Bonchev–Trinajstić information content (AvgIpc) is 2.95. The number of hydrogen-bond acceptors (Lipinski definition) is 2. The van der Waals surface area contributed by atoms with E-state index in [0.29, 0.717) is 12.6 Å². The number of allylic oxidation sites excluding steroid dienone is 2. The molecule has 0 heterocycles. The van der Waals surface area contributed by atoms with E-state index in [9.17, 15) is 4.79 Å². The molecule has 2 N–H and O–H groups in total. The van der Waals surface area contributed by atoms with E-state index in [-0.39, 0.29) is 0 Å². The largest absolute Gasteiger partial charge is 0.327 e. The Morgan fingerprint density at radius 1 is 1.62 bits per heavy atom. The van der Waals surface area contributed by atoms with Crippen LogP contribution >= 0.6 is 0 Å². The Kier molecular flexibility index (Phi) is 3.71. The Bertz CT molecular complexity index is 229. The molecule has 1 amide bonds. The molecule has 1 saturated carbocycles. The summed E-state index contributed by atoms with van der Waals surface area (Å²) in [6, 6.07) is 0.445. The van der Waals surface area contributed by atoms with Crippen LogP contribution in [-0.4, -0.2) is 23.9 Å². The molecule has 0 atom stereocenters. The highest BCUT2D eigenvalue weighted by Crippen LogP contribution is 2.25. The number of nitrogens with zero attached hydrogens (tertiary/aromatic N) is 1. The third-order valence-corrected chi connectivity index (χ3v) is 2.05. The molecule has 3 heteroatoms. The molecule has 0 aromatic carbocycles. The van der Waals surface area contributed by atoms with Gasteiger partial charge in [0.05, 0.1) is 0 Å². The van der Waals surface area contributed by atoms with Crippen LogP contribution in [0.3, 0.4) is 0 Å². The van der Waals surface area contributed by atoms with Gasteiger partial charge < -0.3 is 10.6 Å². The van der Waals surface area contributed by atoms with Gasteiger partial charge in [-0.15, -0.1) is 0 Å². The second-order valence-corrected chi connectivity index (χ2v) is 3.34. The predicted molar refractivity (Wildman–Crippen MR) is 52.9 cm³/mol. The van der Waals surface area contributed by atoms with Gasteiger partial charge in [0, 0.05) is 18.8 Å². The van der Waals surface area contributed by atoms with Crippen LogP contribution in [0.25, 0.3) is 0 Å². The first-order valence-corrected chi connectivity index (χ1v) is 4.54. The van der Waals surface area contributed by atoms with Gasteiger partial charge in [0.15, 0.2) is 0 Å². The van der Waals surface area contributed by atoms with E-state index in [2.05, 4.69) is 0 Å². The number of rotatable bonds is 5. The summed E-state index contributed by atoms with van der Waals surface area (Å²) in [5, 5.41) is 0.